The number of aliphatic hydroxyl groups is 1. The van der Waals surface area contributed by atoms with Crippen LogP contribution >= 0.6 is 0 Å². The number of hydrogen-bond donors (Lipinski definition) is 1. The molecule has 0 aromatic heterocycles. The molecule has 27 heavy (non-hydrogen) atoms. The summed E-state index contributed by atoms with van der Waals surface area (Å²) in [5.74, 6) is 1.02. The molecule has 1 N–H and O–H groups in total. The van der Waals surface area contributed by atoms with Gasteiger partial charge >= 0.3 is 0 Å². The normalized spacial score (nSPS) is 28.6. The summed E-state index contributed by atoms with van der Waals surface area (Å²) in [5.41, 5.74) is 0.850. The smallest absolute Gasteiger partial charge is 0.134 e. The molecular formula is C23H27NO3. The van der Waals surface area contributed by atoms with Gasteiger partial charge in [-0.05, 0) is 42.6 Å². The maximum atomic E-state index is 12.4. The standard InChI is InChI=1S/C23H27NO3/c1-27-21-9-5-8-19(14-21)22-12-13-24(16-18-6-3-2-4-7-18)17-23(22,26)11-10-20(25)15-22/h2-9,14,26H,10-13,15-17H2,1H3. The molecule has 2 atom stereocenters. The molecule has 1 heterocycles. The molecule has 1 saturated heterocycles. The van der Waals surface area contributed by atoms with E-state index in [0.29, 0.717) is 25.8 Å². The summed E-state index contributed by atoms with van der Waals surface area (Å²) >= 11 is 0. The lowest BCUT2D eigenvalue weighted by molar-refractivity contribution is -0.147. The lowest BCUT2D eigenvalue weighted by Gasteiger charge is -2.56. The van der Waals surface area contributed by atoms with Gasteiger partial charge in [0, 0.05) is 31.3 Å². The highest BCUT2D eigenvalue weighted by molar-refractivity contribution is 5.82. The predicted octanol–water partition coefficient (Wildman–Crippen LogP) is 3.32. The number of carbonyl (C=O) groups is 1. The van der Waals surface area contributed by atoms with Gasteiger partial charge in [-0.15, -0.1) is 0 Å². The van der Waals surface area contributed by atoms with Gasteiger partial charge in [0.2, 0.25) is 0 Å². The van der Waals surface area contributed by atoms with Crippen molar-refractivity contribution in [3.63, 3.8) is 0 Å². The lowest BCUT2D eigenvalue weighted by Crippen LogP contribution is -2.65. The fourth-order valence-electron chi connectivity index (χ4n) is 4.94. The van der Waals surface area contributed by atoms with Crippen molar-refractivity contribution in [1.29, 1.82) is 0 Å². The number of fused-ring (bicyclic) bond motifs is 1. The number of hydrogen-bond acceptors (Lipinski definition) is 4. The molecule has 4 nitrogen and oxygen atoms in total. The summed E-state index contributed by atoms with van der Waals surface area (Å²) in [4.78, 5) is 14.7. The third-order valence-corrected chi connectivity index (χ3v) is 6.42. The number of ether oxygens (including phenoxy) is 1. The maximum absolute atomic E-state index is 12.4. The van der Waals surface area contributed by atoms with Crippen LogP contribution < -0.4 is 4.74 Å². The second kappa shape index (κ2) is 7.10. The van der Waals surface area contributed by atoms with Crippen molar-refractivity contribution >= 4 is 5.78 Å². The van der Waals surface area contributed by atoms with Crippen molar-refractivity contribution in [1.82, 2.24) is 4.90 Å². The van der Waals surface area contributed by atoms with Gasteiger partial charge in [-0.1, -0.05) is 42.5 Å². The first-order valence-electron chi connectivity index (χ1n) is 9.70. The molecule has 0 spiro atoms. The second-order valence-corrected chi connectivity index (χ2v) is 8.01. The third kappa shape index (κ3) is 3.28. The number of likely N-dealkylation sites (tertiary alicyclic amines) is 1. The second-order valence-electron chi connectivity index (χ2n) is 8.01. The Hall–Kier alpha value is -2.17. The minimum absolute atomic E-state index is 0.249. The Morgan fingerprint density at radius 1 is 1.11 bits per heavy atom. The van der Waals surface area contributed by atoms with Crippen LogP contribution in [0, 0.1) is 0 Å². The number of nitrogens with zero attached hydrogens (tertiary/aromatic N) is 1. The molecule has 4 rings (SSSR count). The average Bonchev–Trinajstić information content (AvgIpc) is 2.69. The number of carbonyl (C=O) groups excluding carboxylic acids is 1. The minimum atomic E-state index is -0.902. The van der Waals surface area contributed by atoms with E-state index in [1.165, 1.54) is 5.56 Å². The van der Waals surface area contributed by atoms with Gasteiger partial charge in [0.25, 0.3) is 0 Å². The Kier molecular flexibility index (Phi) is 4.79. The first-order chi connectivity index (χ1) is 13.0. The highest BCUT2D eigenvalue weighted by atomic mass is 16.5. The Labute approximate surface area is 160 Å². The van der Waals surface area contributed by atoms with Gasteiger partial charge in [0.1, 0.15) is 11.5 Å². The van der Waals surface area contributed by atoms with Crippen LogP contribution in [0.15, 0.2) is 54.6 Å². The SMILES string of the molecule is COc1cccc(C23CCN(Cc4ccccc4)CC2(O)CCC(=O)C3)c1. The molecule has 1 aliphatic heterocycles. The summed E-state index contributed by atoms with van der Waals surface area (Å²) in [6, 6.07) is 18.3. The molecule has 1 aliphatic carbocycles. The van der Waals surface area contributed by atoms with Crippen LogP contribution in [-0.2, 0) is 16.8 Å². The fourth-order valence-corrected chi connectivity index (χ4v) is 4.94. The van der Waals surface area contributed by atoms with Crippen LogP contribution in [-0.4, -0.2) is 41.6 Å². The summed E-state index contributed by atoms with van der Waals surface area (Å²) in [5, 5.41) is 11.8. The molecule has 2 fully saturated rings. The molecule has 0 radical (unpaired) electrons. The number of Topliss-reactive ketones (excluding diaryl/α,β-unsaturated/α-hetero) is 1. The fraction of sp³-hybridized carbons (Fsp3) is 0.435. The molecular weight excluding hydrogens is 338 g/mol. The van der Waals surface area contributed by atoms with E-state index in [2.05, 4.69) is 17.0 Å². The van der Waals surface area contributed by atoms with Gasteiger partial charge in [0.05, 0.1) is 12.7 Å². The van der Waals surface area contributed by atoms with Crippen LogP contribution in [0.3, 0.4) is 0 Å². The largest absolute Gasteiger partial charge is 0.497 e. The van der Waals surface area contributed by atoms with Crippen molar-refractivity contribution in [3.05, 3.63) is 65.7 Å². The number of benzene rings is 2. The van der Waals surface area contributed by atoms with Crippen molar-refractivity contribution in [2.75, 3.05) is 20.2 Å². The lowest BCUT2D eigenvalue weighted by atomic mass is 9.56. The van der Waals surface area contributed by atoms with Gasteiger partial charge in [-0.3, -0.25) is 9.69 Å². The summed E-state index contributed by atoms with van der Waals surface area (Å²) in [6.07, 6.45) is 2.17. The summed E-state index contributed by atoms with van der Waals surface area (Å²) in [6.45, 7) is 2.28. The molecule has 2 aromatic rings. The molecule has 2 unspecified atom stereocenters. The number of β-amino-alcohol motifs (C(OH)–C–C–N with tert-alkyl or cyclic N) is 1. The van der Waals surface area contributed by atoms with E-state index >= 15 is 0 Å². The molecule has 2 aliphatic rings. The zero-order valence-electron chi connectivity index (χ0n) is 15.9. The van der Waals surface area contributed by atoms with E-state index in [1.807, 2.05) is 42.5 Å². The summed E-state index contributed by atoms with van der Waals surface area (Å²) < 4.78 is 5.40. The van der Waals surface area contributed by atoms with E-state index < -0.39 is 11.0 Å². The number of methoxy groups -OCH3 is 1. The highest BCUT2D eigenvalue weighted by Crippen LogP contribution is 2.51. The first-order valence-corrected chi connectivity index (χ1v) is 9.70. The zero-order chi connectivity index (χ0) is 18.9. The van der Waals surface area contributed by atoms with Gasteiger partial charge in [-0.2, -0.15) is 0 Å². The van der Waals surface area contributed by atoms with Crippen LogP contribution in [0.25, 0.3) is 0 Å². The average molecular weight is 365 g/mol. The number of piperidine rings is 1. The van der Waals surface area contributed by atoms with E-state index in [0.717, 1.165) is 30.8 Å². The van der Waals surface area contributed by atoms with Crippen LogP contribution in [0.2, 0.25) is 0 Å². The molecule has 0 amide bonds. The quantitative estimate of drug-likeness (QED) is 0.903. The topological polar surface area (TPSA) is 49.8 Å². The molecule has 0 bridgehead atoms. The van der Waals surface area contributed by atoms with E-state index in [9.17, 15) is 9.90 Å². The first kappa shape index (κ1) is 18.2. The van der Waals surface area contributed by atoms with Crippen molar-refractivity contribution in [3.8, 4) is 5.75 Å². The molecule has 1 saturated carbocycles. The molecule has 4 heteroatoms. The minimum Gasteiger partial charge on any atom is -0.497 e. The monoisotopic (exact) mass is 365 g/mol. The maximum Gasteiger partial charge on any atom is 0.134 e. The molecule has 142 valence electrons. The summed E-state index contributed by atoms with van der Waals surface area (Å²) in [7, 11) is 1.65. The number of ketones is 1. The van der Waals surface area contributed by atoms with Gasteiger partial charge < -0.3 is 9.84 Å². The van der Waals surface area contributed by atoms with Crippen LogP contribution in [0.4, 0.5) is 0 Å². The Bertz CT molecular complexity index is 821. The van der Waals surface area contributed by atoms with Crippen molar-refractivity contribution in [2.24, 2.45) is 0 Å². The van der Waals surface area contributed by atoms with E-state index in [4.69, 9.17) is 4.74 Å². The van der Waals surface area contributed by atoms with Crippen LogP contribution in [0.1, 0.15) is 36.8 Å². The Morgan fingerprint density at radius 3 is 2.70 bits per heavy atom. The van der Waals surface area contributed by atoms with E-state index in [1.54, 1.807) is 7.11 Å². The number of rotatable bonds is 4. The molecule has 2 aromatic carbocycles. The van der Waals surface area contributed by atoms with Gasteiger partial charge in [-0.25, -0.2) is 0 Å². The predicted molar refractivity (Wildman–Crippen MR) is 105 cm³/mol. The highest BCUT2D eigenvalue weighted by Gasteiger charge is 2.57. The Morgan fingerprint density at radius 2 is 1.93 bits per heavy atom. The van der Waals surface area contributed by atoms with Gasteiger partial charge in [0.15, 0.2) is 0 Å². The third-order valence-electron chi connectivity index (χ3n) is 6.42. The van der Waals surface area contributed by atoms with Crippen molar-refractivity contribution in [2.45, 2.75) is 43.2 Å². The Balaban J connectivity index is 1.66. The zero-order valence-corrected chi connectivity index (χ0v) is 15.9. The van der Waals surface area contributed by atoms with Crippen molar-refractivity contribution < 1.29 is 14.6 Å². The van der Waals surface area contributed by atoms with E-state index in [-0.39, 0.29) is 5.78 Å². The van der Waals surface area contributed by atoms with Crippen LogP contribution in [0.5, 0.6) is 5.75 Å².